The van der Waals surface area contributed by atoms with Crippen molar-refractivity contribution < 1.29 is 21.6 Å². The van der Waals surface area contributed by atoms with E-state index >= 15 is 0 Å². The van der Waals surface area contributed by atoms with E-state index in [9.17, 15) is 16.8 Å². The summed E-state index contributed by atoms with van der Waals surface area (Å²) in [6, 6.07) is 5.14. The Balaban J connectivity index is 2.21. The Morgan fingerprint density at radius 3 is 2.39 bits per heavy atom. The van der Waals surface area contributed by atoms with E-state index < -0.39 is 24.6 Å². The molecule has 11 heteroatoms. The molecule has 3 aromatic heterocycles. The number of nitrogens with zero attached hydrogens (tertiary/aromatic N) is 3. The lowest BCUT2D eigenvalue weighted by molar-refractivity contribution is 0.401. The first-order valence-corrected chi connectivity index (χ1v) is 13.8. The number of fused-ring (bicyclic) bond motifs is 1. The van der Waals surface area contributed by atoms with Crippen molar-refractivity contribution >= 4 is 31.3 Å². The first kappa shape index (κ1) is 25.0. The molecule has 3 rings (SSSR count). The molecule has 0 atom stereocenters. The van der Waals surface area contributed by atoms with E-state index in [2.05, 4.69) is 14.7 Å². The zero-order valence-electron chi connectivity index (χ0n) is 19.7. The first-order valence-electron chi connectivity index (χ1n) is 10.6. The number of hydrogen-bond donors (Lipinski definition) is 1. The normalized spacial score (nSPS) is 12.8. The average Bonchev–Trinajstić information content (AvgIpc) is 3.14. The summed E-state index contributed by atoms with van der Waals surface area (Å²) in [4.78, 5) is 8.97. The quantitative estimate of drug-likeness (QED) is 0.507. The highest BCUT2D eigenvalue weighted by Gasteiger charge is 2.34. The van der Waals surface area contributed by atoms with Crippen molar-refractivity contribution in [1.29, 1.82) is 0 Å². The van der Waals surface area contributed by atoms with Gasteiger partial charge in [-0.3, -0.25) is 9.12 Å². The molecule has 33 heavy (non-hydrogen) atoms. The molecule has 180 valence electrons. The molecule has 0 spiro atoms. The van der Waals surface area contributed by atoms with Gasteiger partial charge >= 0.3 is 0 Å². The fraction of sp³-hybridized carbons (Fsp3) is 0.455. The molecule has 0 aliphatic heterocycles. The summed E-state index contributed by atoms with van der Waals surface area (Å²) in [5.41, 5.74) is 2.21. The molecule has 3 aromatic rings. The fourth-order valence-electron chi connectivity index (χ4n) is 3.34. The number of aromatic nitrogens is 3. The van der Waals surface area contributed by atoms with Crippen LogP contribution >= 0.6 is 0 Å². The van der Waals surface area contributed by atoms with Crippen LogP contribution in [0, 0.1) is 0 Å². The molecule has 0 aliphatic carbocycles. The third-order valence-corrected chi connectivity index (χ3v) is 9.19. The third kappa shape index (κ3) is 4.84. The molecular formula is C22H30N4O5S2. The third-order valence-electron chi connectivity index (χ3n) is 5.24. The minimum absolute atomic E-state index is 0.00844. The maximum atomic E-state index is 13.2. The van der Waals surface area contributed by atoms with Gasteiger partial charge in [-0.15, -0.1) is 0 Å². The van der Waals surface area contributed by atoms with Crippen molar-refractivity contribution in [2.75, 3.05) is 17.6 Å². The van der Waals surface area contributed by atoms with Gasteiger partial charge in [-0.2, -0.15) is 0 Å². The van der Waals surface area contributed by atoms with Gasteiger partial charge in [0.2, 0.25) is 10.0 Å². The van der Waals surface area contributed by atoms with Crippen molar-refractivity contribution in [3.63, 3.8) is 0 Å². The van der Waals surface area contributed by atoms with Gasteiger partial charge in [0, 0.05) is 12.3 Å². The van der Waals surface area contributed by atoms with Crippen LogP contribution in [-0.2, 0) is 26.3 Å². The van der Waals surface area contributed by atoms with Crippen LogP contribution in [0.4, 0.5) is 5.82 Å². The summed E-state index contributed by atoms with van der Waals surface area (Å²) in [6.07, 6.45) is 4.13. The predicted octanol–water partition coefficient (Wildman–Crippen LogP) is 3.69. The Morgan fingerprint density at radius 1 is 1.12 bits per heavy atom. The fourth-order valence-corrected chi connectivity index (χ4v) is 5.76. The Morgan fingerprint density at radius 2 is 1.82 bits per heavy atom. The van der Waals surface area contributed by atoms with Crippen LogP contribution in [0.2, 0.25) is 0 Å². The number of methoxy groups -OCH3 is 1. The highest BCUT2D eigenvalue weighted by atomic mass is 32.2. The second-order valence-electron chi connectivity index (χ2n) is 8.67. The minimum atomic E-state index is -3.72. The van der Waals surface area contributed by atoms with Crippen LogP contribution < -0.4 is 9.46 Å². The molecule has 0 radical (unpaired) electrons. The highest BCUT2D eigenvalue weighted by Crippen LogP contribution is 2.34. The van der Waals surface area contributed by atoms with E-state index in [4.69, 9.17) is 4.74 Å². The van der Waals surface area contributed by atoms with Crippen molar-refractivity contribution in [2.24, 2.45) is 0 Å². The highest BCUT2D eigenvalue weighted by molar-refractivity contribution is 7.93. The van der Waals surface area contributed by atoms with Gasteiger partial charge in [0.05, 0.1) is 35.2 Å². The summed E-state index contributed by atoms with van der Waals surface area (Å²) < 4.78 is 59.6. The Hall–Kier alpha value is -2.66. The maximum absolute atomic E-state index is 13.2. The van der Waals surface area contributed by atoms with E-state index in [0.717, 1.165) is 5.56 Å². The lowest BCUT2D eigenvalue weighted by Crippen LogP contribution is -2.28. The lowest BCUT2D eigenvalue weighted by Gasteiger charge is -2.21. The minimum Gasteiger partial charge on any atom is -0.495 e. The second-order valence-corrected chi connectivity index (χ2v) is 13.2. The number of hydrogen-bond acceptors (Lipinski definition) is 7. The van der Waals surface area contributed by atoms with E-state index in [-0.39, 0.29) is 22.2 Å². The van der Waals surface area contributed by atoms with Crippen molar-refractivity contribution in [2.45, 2.75) is 57.1 Å². The molecule has 9 nitrogen and oxygen atoms in total. The van der Waals surface area contributed by atoms with E-state index in [1.165, 1.54) is 13.3 Å². The molecule has 3 heterocycles. The first-order chi connectivity index (χ1) is 15.3. The van der Waals surface area contributed by atoms with Crippen LogP contribution in [0.25, 0.3) is 17.0 Å². The number of pyridine rings is 2. The maximum Gasteiger partial charge on any atom is 0.233 e. The summed E-state index contributed by atoms with van der Waals surface area (Å²) in [5.74, 6) is 0.456. The number of aryl methyl sites for hydroxylation is 1. The van der Waals surface area contributed by atoms with Crippen LogP contribution in [-0.4, -0.2) is 48.8 Å². The number of rotatable bonds is 8. The number of sulfonamides is 1. The van der Waals surface area contributed by atoms with Crippen molar-refractivity contribution in [3.8, 4) is 17.1 Å². The molecule has 1 N–H and O–H groups in total. The van der Waals surface area contributed by atoms with Gasteiger partial charge in [-0.05, 0) is 45.2 Å². The largest absolute Gasteiger partial charge is 0.495 e. The zero-order chi connectivity index (χ0) is 24.6. The summed E-state index contributed by atoms with van der Waals surface area (Å²) in [5, 5.41) is 0. The molecular weight excluding hydrogens is 464 g/mol. The molecule has 0 amide bonds. The van der Waals surface area contributed by atoms with Gasteiger partial charge in [0.15, 0.2) is 9.84 Å². The standard InChI is InChI=1S/C22H30N4O5S2/c1-7-11-32(27,28)25-21-15(8-2)9-10-16(24-21)17-13-23-20-12-18(31-6)19(14-26(17)20)33(29,30)22(3,4)5/h9-10,12-14H,7-8,11H2,1-6H3,(H,24,25). The lowest BCUT2D eigenvalue weighted by atomic mass is 10.1. The number of sulfone groups is 1. The molecule has 0 aromatic carbocycles. The number of imidazole rings is 1. The zero-order valence-corrected chi connectivity index (χ0v) is 21.3. The second kappa shape index (κ2) is 8.94. The van der Waals surface area contributed by atoms with Crippen molar-refractivity contribution in [3.05, 3.63) is 36.2 Å². The molecule has 0 saturated heterocycles. The van der Waals surface area contributed by atoms with Gasteiger partial charge in [0.1, 0.15) is 22.1 Å². The van der Waals surface area contributed by atoms with E-state index in [0.29, 0.717) is 29.9 Å². The van der Waals surface area contributed by atoms with Crippen LogP contribution in [0.1, 0.15) is 46.6 Å². The van der Waals surface area contributed by atoms with Crippen LogP contribution in [0.5, 0.6) is 5.75 Å². The summed E-state index contributed by atoms with van der Waals surface area (Å²) >= 11 is 0. The molecule has 0 fully saturated rings. The van der Waals surface area contributed by atoms with Gasteiger partial charge in [0.25, 0.3) is 0 Å². The van der Waals surface area contributed by atoms with Gasteiger partial charge < -0.3 is 4.74 Å². The number of nitrogens with one attached hydrogen (secondary N) is 1. The van der Waals surface area contributed by atoms with E-state index in [1.54, 1.807) is 50.4 Å². The molecule has 0 bridgehead atoms. The van der Waals surface area contributed by atoms with Crippen LogP contribution in [0.15, 0.2) is 35.5 Å². The SMILES string of the molecule is CCCS(=O)(=O)Nc1nc(-c2cnc3cc(OC)c(S(=O)(=O)C(C)(C)C)cn23)ccc1CC. The Labute approximate surface area is 195 Å². The van der Waals surface area contributed by atoms with Gasteiger partial charge in [-0.25, -0.2) is 26.8 Å². The Kier molecular flexibility index (Phi) is 6.77. The van der Waals surface area contributed by atoms with Crippen LogP contribution in [0.3, 0.4) is 0 Å². The average molecular weight is 495 g/mol. The van der Waals surface area contributed by atoms with Gasteiger partial charge in [-0.1, -0.05) is 19.9 Å². The van der Waals surface area contributed by atoms with E-state index in [1.807, 2.05) is 13.0 Å². The number of anilines is 1. The molecule has 0 aliphatic rings. The summed E-state index contributed by atoms with van der Waals surface area (Å²) in [6.45, 7) is 8.58. The topological polar surface area (TPSA) is 120 Å². The number of ether oxygens (including phenoxy) is 1. The summed E-state index contributed by atoms with van der Waals surface area (Å²) in [7, 11) is -5.84. The Bertz CT molecular complexity index is 1390. The smallest absolute Gasteiger partial charge is 0.233 e. The predicted molar refractivity (Wildman–Crippen MR) is 129 cm³/mol. The molecule has 0 unspecified atom stereocenters. The monoisotopic (exact) mass is 494 g/mol. The van der Waals surface area contributed by atoms with Crippen molar-refractivity contribution in [1.82, 2.24) is 14.4 Å². The molecule has 0 saturated carbocycles.